The van der Waals surface area contributed by atoms with Gasteiger partial charge in [-0.25, -0.2) is 4.68 Å². The summed E-state index contributed by atoms with van der Waals surface area (Å²) in [5.41, 5.74) is 0.344. The van der Waals surface area contributed by atoms with Gasteiger partial charge in [0, 0.05) is 13.0 Å². The number of hydrogen-bond acceptors (Lipinski definition) is 3. The molecule has 1 aliphatic carbocycles. The smallest absolute Gasteiger partial charge is 0.386 e. The lowest BCUT2D eigenvalue weighted by Gasteiger charge is -2.35. The van der Waals surface area contributed by atoms with Crippen LogP contribution in [0.2, 0.25) is 0 Å². The monoisotopic (exact) mass is 263 g/mol. The van der Waals surface area contributed by atoms with Crippen molar-refractivity contribution in [2.45, 2.75) is 38.0 Å². The van der Waals surface area contributed by atoms with Gasteiger partial charge in [-0.3, -0.25) is 0 Å². The fourth-order valence-electron chi connectivity index (χ4n) is 2.73. The van der Waals surface area contributed by atoms with Crippen LogP contribution in [-0.2, 0) is 7.05 Å². The van der Waals surface area contributed by atoms with Crippen LogP contribution in [0.25, 0.3) is 0 Å². The Kier molecular flexibility index (Phi) is 3.61. The van der Waals surface area contributed by atoms with Crippen molar-refractivity contribution in [3.05, 3.63) is 11.9 Å². The van der Waals surface area contributed by atoms with Crippen LogP contribution in [0, 0.1) is 11.8 Å². The summed E-state index contributed by atoms with van der Waals surface area (Å²) in [6, 6.07) is 0. The molecule has 2 rings (SSSR count). The largest absolute Gasteiger partial charge is 0.392 e. The second-order valence-electron chi connectivity index (χ2n) is 4.82. The molecule has 1 aliphatic rings. The summed E-state index contributed by atoms with van der Waals surface area (Å²) in [6.07, 6.45) is -2.31. The highest BCUT2D eigenvalue weighted by atomic mass is 19.4. The molecule has 0 saturated heterocycles. The van der Waals surface area contributed by atoms with Gasteiger partial charge in [0.2, 0.25) is 0 Å². The first-order valence-electron chi connectivity index (χ1n) is 6.00. The van der Waals surface area contributed by atoms with Gasteiger partial charge in [0.05, 0.1) is 17.8 Å². The fraction of sp³-hybridized carbons (Fsp3) is 0.818. The third kappa shape index (κ3) is 2.50. The van der Waals surface area contributed by atoms with Gasteiger partial charge >= 0.3 is 6.18 Å². The minimum Gasteiger partial charge on any atom is -0.386 e. The van der Waals surface area contributed by atoms with Gasteiger partial charge in [-0.15, -0.1) is 5.10 Å². The summed E-state index contributed by atoms with van der Waals surface area (Å²) in [5, 5.41) is 17.4. The molecule has 0 bridgehead atoms. The van der Waals surface area contributed by atoms with E-state index in [1.807, 2.05) is 0 Å². The van der Waals surface area contributed by atoms with Gasteiger partial charge in [0.1, 0.15) is 6.10 Å². The Balaban J connectivity index is 2.22. The maximum Gasteiger partial charge on any atom is 0.392 e. The van der Waals surface area contributed by atoms with Gasteiger partial charge in [-0.1, -0.05) is 18.1 Å². The highest BCUT2D eigenvalue weighted by molar-refractivity contribution is 5.02. The van der Waals surface area contributed by atoms with Gasteiger partial charge in [0.25, 0.3) is 0 Å². The molecule has 3 unspecified atom stereocenters. The quantitative estimate of drug-likeness (QED) is 0.890. The van der Waals surface area contributed by atoms with E-state index in [1.165, 1.54) is 10.9 Å². The standard InChI is InChI=1S/C11H16F3N3O/c1-17-9(6-15-16-17)10(18)7-4-2-3-5-8(7)11(12,13)14/h6-8,10,18H,2-5H2,1H3. The van der Waals surface area contributed by atoms with Crippen LogP contribution in [0.5, 0.6) is 0 Å². The second-order valence-corrected chi connectivity index (χ2v) is 4.82. The average Bonchev–Trinajstić information content (AvgIpc) is 2.73. The first-order chi connectivity index (χ1) is 8.41. The van der Waals surface area contributed by atoms with Gasteiger partial charge < -0.3 is 5.11 Å². The first-order valence-corrected chi connectivity index (χ1v) is 6.00. The minimum absolute atomic E-state index is 0.0938. The molecule has 0 aliphatic heterocycles. The fourth-order valence-corrected chi connectivity index (χ4v) is 2.73. The molecule has 0 radical (unpaired) electrons. The van der Waals surface area contributed by atoms with Gasteiger partial charge in [-0.2, -0.15) is 13.2 Å². The van der Waals surface area contributed by atoms with Crippen LogP contribution < -0.4 is 0 Å². The summed E-state index contributed by atoms with van der Waals surface area (Å²) in [7, 11) is 1.57. The topological polar surface area (TPSA) is 50.9 Å². The molecular weight excluding hydrogens is 247 g/mol. The molecule has 102 valence electrons. The van der Waals surface area contributed by atoms with E-state index in [1.54, 1.807) is 7.05 Å². The van der Waals surface area contributed by atoms with Crippen molar-refractivity contribution in [3.63, 3.8) is 0 Å². The molecular formula is C11H16F3N3O. The zero-order chi connectivity index (χ0) is 13.3. The van der Waals surface area contributed by atoms with Crippen LogP contribution in [0.1, 0.15) is 37.5 Å². The van der Waals surface area contributed by atoms with Crippen molar-refractivity contribution in [3.8, 4) is 0 Å². The molecule has 1 N–H and O–H groups in total. The molecule has 1 heterocycles. The van der Waals surface area contributed by atoms with Crippen molar-refractivity contribution in [1.82, 2.24) is 15.0 Å². The molecule has 1 saturated carbocycles. The normalized spacial score (nSPS) is 27.2. The average molecular weight is 263 g/mol. The van der Waals surface area contributed by atoms with Crippen LogP contribution in [0.15, 0.2) is 6.20 Å². The van der Waals surface area contributed by atoms with E-state index in [-0.39, 0.29) is 6.42 Å². The number of rotatable bonds is 2. The SMILES string of the molecule is Cn1nncc1C(O)C1CCCCC1C(F)(F)F. The third-order valence-corrected chi connectivity index (χ3v) is 3.70. The Morgan fingerprint density at radius 3 is 2.61 bits per heavy atom. The maximum atomic E-state index is 12.9. The van der Waals surface area contributed by atoms with E-state index in [0.29, 0.717) is 18.5 Å². The Hall–Kier alpha value is -1.11. The summed E-state index contributed by atoms with van der Waals surface area (Å²) in [6.45, 7) is 0. The highest BCUT2D eigenvalue weighted by Gasteiger charge is 2.48. The van der Waals surface area contributed by atoms with Crippen LogP contribution >= 0.6 is 0 Å². The number of aliphatic hydroxyl groups is 1. The molecule has 3 atom stereocenters. The predicted octanol–water partition coefficient (Wildman–Crippen LogP) is 2.22. The molecule has 18 heavy (non-hydrogen) atoms. The lowest BCUT2D eigenvalue weighted by Crippen LogP contribution is -2.36. The van der Waals surface area contributed by atoms with Crippen LogP contribution in [-0.4, -0.2) is 26.3 Å². The Bertz CT molecular complexity index is 404. The molecule has 0 spiro atoms. The number of aliphatic hydroxyl groups excluding tert-OH is 1. The van der Waals surface area contributed by atoms with Crippen molar-refractivity contribution < 1.29 is 18.3 Å². The lowest BCUT2D eigenvalue weighted by molar-refractivity contribution is -0.207. The summed E-state index contributed by atoms with van der Waals surface area (Å²) >= 11 is 0. The Labute approximate surface area is 103 Å². The lowest BCUT2D eigenvalue weighted by atomic mass is 9.75. The first kappa shape index (κ1) is 13.3. The van der Waals surface area contributed by atoms with E-state index in [2.05, 4.69) is 10.3 Å². The van der Waals surface area contributed by atoms with Crippen LogP contribution in [0.4, 0.5) is 13.2 Å². The summed E-state index contributed by atoms with van der Waals surface area (Å²) < 4.78 is 40.2. The van der Waals surface area contributed by atoms with E-state index in [9.17, 15) is 18.3 Å². The van der Waals surface area contributed by atoms with Crippen molar-refractivity contribution in [2.24, 2.45) is 18.9 Å². The Morgan fingerprint density at radius 2 is 2.06 bits per heavy atom. The molecule has 1 aromatic heterocycles. The molecule has 1 aromatic rings. The Morgan fingerprint density at radius 1 is 1.39 bits per heavy atom. The summed E-state index contributed by atoms with van der Waals surface area (Å²) in [5.74, 6) is -2.23. The number of nitrogens with zero attached hydrogens (tertiary/aromatic N) is 3. The molecule has 4 nitrogen and oxygen atoms in total. The third-order valence-electron chi connectivity index (χ3n) is 3.70. The molecule has 0 aromatic carbocycles. The molecule has 1 fully saturated rings. The number of aryl methyl sites for hydroxylation is 1. The predicted molar refractivity (Wildman–Crippen MR) is 57.5 cm³/mol. The zero-order valence-corrected chi connectivity index (χ0v) is 10.1. The van der Waals surface area contributed by atoms with Crippen molar-refractivity contribution >= 4 is 0 Å². The molecule has 7 heteroatoms. The highest BCUT2D eigenvalue weighted by Crippen LogP contribution is 2.46. The van der Waals surface area contributed by atoms with E-state index < -0.39 is 24.1 Å². The minimum atomic E-state index is -4.25. The molecule has 0 amide bonds. The van der Waals surface area contributed by atoms with Crippen LogP contribution in [0.3, 0.4) is 0 Å². The number of alkyl halides is 3. The summed E-state index contributed by atoms with van der Waals surface area (Å²) in [4.78, 5) is 0. The number of hydrogen-bond donors (Lipinski definition) is 1. The van der Waals surface area contributed by atoms with Gasteiger partial charge in [0.15, 0.2) is 0 Å². The number of halogens is 3. The zero-order valence-electron chi connectivity index (χ0n) is 10.1. The van der Waals surface area contributed by atoms with E-state index in [0.717, 1.165) is 6.42 Å². The number of aromatic nitrogens is 3. The van der Waals surface area contributed by atoms with E-state index in [4.69, 9.17) is 0 Å². The van der Waals surface area contributed by atoms with Gasteiger partial charge in [-0.05, 0) is 12.8 Å². The van der Waals surface area contributed by atoms with Crippen molar-refractivity contribution in [1.29, 1.82) is 0 Å². The maximum absolute atomic E-state index is 12.9. The van der Waals surface area contributed by atoms with Crippen molar-refractivity contribution in [2.75, 3.05) is 0 Å². The second kappa shape index (κ2) is 4.87. The van der Waals surface area contributed by atoms with E-state index >= 15 is 0 Å².